The van der Waals surface area contributed by atoms with Gasteiger partial charge in [-0.15, -0.1) is 0 Å². The Labute approximate surface area is 272 Å². The van der Waals surface area contributed by atoms with Gasteiger partial charge in [0.2, 0.25) is 0 Å². The van der Waals surface area contributed by atoms with Crippen molar-refractivity contribution in [3.8, 4) is 51.0 Å². The van der Waals surface area contributed by atoms with E-state index >= 15 is 0 Å². The highest BCUT2D eigenvalue weighted by Crippen LogP contribution is 2.41. The van der Waals surface area contributed by atoms with Gasteiger partial charge in [-0.1, -0.05) is 50.6 Å². The molecule has 10 nitrogen and oxygen atoms in total. The summed E-state index contributed by atoms with van der Waals surface area (Å²) in [5.41, 5.74) is 3.14. The third kappa shape index (κ3) is 8.93. The molecule has 0 spiro atoms. The molecule has 1 fully saturated rings. The van der Waals surface area contributed by atoms with Gasteiger partial charge in [-0.25, -0.2) is 19.2 Å². The van der Waals surface area contributed by atoms with E-state index in [-0.39, 0.29) is 58.0 Å². The first kappa shape index (κ1) is 34.1. The molecule has 3 aromatic rings. The van der Waals surface area contributed by atoms with Crippen molar-refractivity contribution in [2.45, 2.75) is 33.8 Å². The van der Waals surface area contributed by atoms with Gasteiger partial charge in [-0.2, -0.15) is 0 Å². The van der Waals surface area contributed by atoms with Crippen molar-refractivity contribution < 1.29 is 47.6 Å². The van der Waals surface area contributed by atoms with Crippen molar-refractivity contribution >= 4 is 23.9 Å². The van der Waals surface area contributed by atoms with Crippen molar-refractivity contribution in [3.05, 3.63) is 103 Å². The van der Waals surface area contributed by atoms with E-state index in [1.54, 1.807) is 36.4 Å². The molecule has 1 aliphatic rings. The fraction of sp³-hybridized carbons (Fsp3) is 0.189. The van der Waals surface area contributed by atoms with Crippen LogP contribution in [0.4, 0.5) is 0 Å². The van der Waals surface area contributed by atoms with Crippen LogP contribution < -0.4 is 23.7 Å². The zero-order chi connectivity index (χ0) is 34.4. The average Bonchev–Trinajstić information content (AvgIpc) is 3.86. The monoisotopic (exact) mass is 638 g/mol. The van der Waals surface area contributed by atoms with E-state index in [0.717, 1.165) is 0 Å². The summed E-state index contributed by atoms with van der Waals surface area (Å²) in [4.78, 5) is 49.4. The van der Waals surface area contributed by atoms with E-state index in [4.69, 9.17) is 28.4 Å². The number of ether oxygens (including phenoxy) is 6. The molecule has 10 heteroatoms. The van der Waals surface area contributed by atoms with Gasteiger partial charge in [0.15, 0.2) is 23.0 Å². The largest absolute Gasteiger partial charge is 0.490 e. The second-order valence-corrected chi connectivity index (χ2v) is 11.0. The SMILES string of the molecule is C=C(C)C(=O)Oc1ccc(-c2ccc(-c3ccc(OC(=O)C(=C)C)c(OC(=O)C(=C)C)c3)c(OCC3CO3)c2)cc1OC(=O)C(=C)C. The number of benzene rings is 3. The molecular weight excluding hydrogens is 604 g/mol. The highest BCUT2D eigenvalue weighted by Gasteiger charge is 2.25. The van der Waals surface area contributed by atoms with Gasteiger partial charge in [0.05, 0.1) is 6.61 Å². The smallest absolute Gasteiger partial charge is 0.338 e. The van der Waals surface area contributed by atoms with Crippen LogP contribution in [0.1, 0.15) is 27.7 Å². The van der Waals surface area contributed by atoms with Crippen LogP contribution in [0.25, 0.3) is 22.3 Å². The summed E-state index contributed by atoms with van der Waals surface area (Å²) < 4.78 is 33.3. The highest BCUT2D eigenvalue weighted by molar-refractivity contribution is 5.93. The number of esters is 4. The number of epoxide rings is 1. The Morgan fingerprint density at radius 1 is 0.574 bits per heavy atom. The average molecular weight is 639 g/mol. The van der Waals surface area contributed by atoms with Crippen LogP contribution in [-0.2, 0) is 23.9 Å². The summed E-state index contributed by atoms with van der Waals surface area (Å²) in [7, 11) is 0. The summed E-state index contributed by atoms with van der Waals surface area (Å²) >= 11 is 0. The molecule has 0 radical (unpaired) electrons. The summed E-state index contributed by atoms with van der Waals surface area (Å²) in [6.45, 7) is 21.3. The fourth-order valence-electron chi connectivity index (χ4n) is 3.85. The van der Waals surface area contributed by atoms with Gasteiger partial charge in [0.25, 0.3) is 0 Å². The number of hydrogen-bond donors (Lipinski definition) is 0. The van der Waals surface area contributed by atoms with E-state index in [1.807, 2.05) is 6.07 Å². The van der Waals surface area contributed by atoms with Gasteiger partial charge in [0.1, 0.15) is 18.5 Å². The predicted octanol–water partition coefficient (Wildman–Crippen LogP) is 6.72. The number of hydrogen-bond acceptors (Lipinski definition) is 10. The maximum absolute atomic E-state index is 12.4. The third-order valence-corrected chi connectivity index (χ3v) is 6.54. The molecule has 242 valence electrons. The Balaban J connectivity index is 1.78. The van der Waals surface area contributed by atoms with Crippen molar-refractivity contribution in [1.82, 2.24) is 0 Å². The second kappa shape index (κ2) is 14.6. The molecule has 0 N–H and O–H groups in total. The fourth-order valence-corrected chi connectivity index (χ4v) is 3.85. The Morgan fingerprint density at radius 3 is 1.36 bits per heavy atom. The summed E-state index contributed by atoms with van der Waals surface area (Å²) in [5.74, 6) is -2.25. The molecule has 4 rings (SSSR count). The standard InChI is InChI=1S/C37H34O10/c1-20(2)34(38)44-29-13-10-25(16-32(29)46-36(40)22(5)6)24-9-12-28(31(15-24)43-19-27-18-42-27)26-11-14-30(45-35(39)21(3)4)33(17-26)47-37(41)23(7)8/h9-17,27H,1,3,5,7,18-19H2,2,4,6,8H3. The minimum atomic E-state index is -0.701. The van der Waals surface area contributed by atoms with E-state index in [1.165, 1.54) is 39.8 Å². The van der Waals surface area contributed by atoms with Gasteiger partial charge in [-0.05, 0) is 74.7 Å². The Hall–Kier alpha value is -5.74. The molecule has 1 unspecified atom stereocenters. The molecule has 3 aromatic carbocycles. The summed E-state index contributed by atoms with van der Waals surface area (Å²) in [5, 5.41) is 0. The van der Waals surface area contributed by atoms with Crippen molar-refractivity contribution in [2.75, 3.05) is 13.2 Å². The Morgan fingerprint density at radius 2 is 0.936 bits per heavy atom. The van der Waals surface area contributed by atoms with E-state index in [9.17, 15) is 19.2 Å². The van der Waals surface area contributed by atoms with Crippen LogP contribution in [0, 0.1) is 0 Å². The molecular formula is C37H34O10. The molecule has 0 aromatic heterocycles. The van der Waals surface area contributed by atoms with Gasteiger partial charge < -0.3 is 28.4 Å². The first-order chi connectivity index (χ1) is 22.2. The quantitative estimate of drug-likeness (QED) is 0.0861. The number of rotatable bonds is 13. The van der Waals surface area contributed by atoms with Crippen LogP contribution in [0.2, 0.25) is 0 Å². The zero-order valence-electron chi connectivity index (χ0n) is 26.6. The first-order valence-electron chi connectivity index (χ1n) is 14.4. The predicted molar refractivity (Wildman–Crippen MR) is 174 cm³/mol. The van der Waals surface area contributed by atoms with Crippen LogP contribution in [-0.4, -0.2) is 43.2 Å². The third-order valence-electron chi connectivity index (χ3n) is 6.54. The molecule has 1 atom stereocenters. The maximum Gasteiger partial charge on any atom is 0.338 e. The van der Waals surface area contributed by atoms with Crippen molar-refractivity contribution in [3.63, 3.8) is 0 Å². The lowest BCUT2D eigenvalue weighted by molar-refractivity contribution is -0.132. The van der Waals surface area contributed by atoms with Gasteiger partial charge in [-0.3, -0.25) is 0 Å². The Kier molecular flexibility index (Phi) is 10.6. The summed E-state index contributed by atoms with van der Waals surface area (Å²) in [6.07, 6.45) is -0.0574. The van der Waals surface area contributed by atoms with Crippen LogP contribution in [0.3, 0.4) is 0 Å². The molecule has 0 amide bonds. The van der Waals surface area contributed by atoms with Crippen molar-refractivity contribution in [1.29, 1.82) is 0 Å². The first-order valence-corrected chi connectivity index (χ1v) is 14.4. The normalized spacial score (nSPS) is 13.1. The van der Waals surface area contributed by atoms with Gasteiger partial charge >= 0.3 is 23.9 Å². The topological polar surface area (TPSA) is 127 Å². The minimum Gasteiger partial charge on any atom is -0.490 e. The maximum atomic E-state index is 12.4. The molecule has 0 saturated carbocycles. The number of carbonyl (C=O) groups is 4. The second-order valence-electron chi connectivity index (χ2n) is 11.0. The van der Waals surface area contributed by atoms with E-state index < -0.39 is 23.9 Å². The van der Waals surface area contributed by atoms with Crippen LogP contribution >= 0.6 is 0 Å². The minimum absolute atomic E-state index is 0.00507. The molecule has 0 bridgehead atoms. The molecule has 47 heavy (non-hydrogen) atoms. The molecule has 1 heterocycles. The number of carbonyl (C=O) groups excluding carboxylic acids is 4. The van der Waals surface area contributed by atoms with Crippen LogP contribution in [0.15, 0.2) is 103 Å². The highest BCUT2D eigenvalue weighted by atomic mass is 16.6. The lowest BCUT2D eigenvalue weighted by Crippen LogP contribution is -2.13. The summed E-state index contributed by atoms with van der Waals surface area (Å²) in [6, 6.07) is 14.9. The zero-order valence-corrected chi connectivity index (χ0v) is 26.6. The van der Waals surface area contributed by atoms with Gasteiger partial charge in [0, 0.05) is 27.9 Å². The molecule has 0 aliphatic carbocycles. The van der Waals surface area contributed by atoms with E-state index in [2.05, 4.69) is 26.3 Å². The lowest BCUT2D eigenvalue weighted by atomic mass is 9.98. The van der Waals surface area contributed by atoms with Crippen molar-refractivity contribution in [2.24, 2.45) is 0 Å². The van der Waals surface area contributed by atoms with Crippen LogP contribution in [0.5, 0.6) is 28.7 Å². The van der Waals surface area contributed by atoms with E-state index in [0.29, 0.717) is 34.6 Å². The Bertz CT molecular complexity index is 1830. The molecule has 1 aliphatic heterocycles. The molecule has 1 saturated heterocycles. The lowest BCUT2D eigenvalue weighted by Gasteiger charge is -2.17.